The zero-order valence-corrected chi connectivity index (χ0v) is 8.46. The standard InChI is InChI=1S/C9H9IO/c1-6-4-7-5-8(10)2-3-9(7)11-6/h2-3,5-6H,4H2,1H3. The lowest BCUT2D eigenvalue weighted by Gasteiger charge is -2.01. The molecule has 1 atom stereocenters. The summed E-state index contributed by atoms with van der Waals surface area (Å²) in [6, 6.07) is 6.33. The van der Waals surface area contributed by atoms with Gasteiger partial charge in [-0.3, -0.25) is 0 Å². The van der Waals surface area contributed by atoms with Gasteiger partial charge in [-0.2, -0.15) is 0 Å². The Kier molecular flexibility index (Phi) is 1.79. The van der Waals surface area contributed by atoms with Gasteiger partial charge in [-0.15, -0.1) is 0 Å². The highest BCUT2D eigenvalue weighted by atomic mass is 127. The molecule has 11 heavy (non-hydrogen) atoms. The molecular weight excluding hydrogens is 251 g/mol. The van der Waals surface area contributed by atoms with Crippen LogP contribution in [0.2, 0.25) is 0 Å². The van der Waals surface area contributed by atoms with Crippen molar-refractivity contribution in [2.24, 2.45) is 0 Å². The molecule has 1 aromatic carbocycles. The minimum absolute atomic E-state index is 0.364. The highest BCUT2D eigenvalue weighted by Crippen LogP contribution is 2.29. The van der Waals surface area contributed by atoms with Gasteiger partial charge in [0.1, 0.15) is 11.9 Å². The summed E-state index contributed by atoms with van der Waals surface area (Å²) in [7, 11) is 0. The van der Waals surface area contributed by atoms with E-state index in [9.17, 15) is 0 Å². The van der Waals surface area contributed by atoms with Crippen LogP contribution in [0.1, 0.15) is 12.5 Å². The van der Waals surface area contributed by atoms with Crippen LogP contribution in [0.3, 0.4) is 0 Å². The lowest BCUT2D eigenvalue weighted by atomic mass is 10.1. The second-order valence-corrected chi connectivity index (χ2v) is 4.13. The molecule has 0 amide bonds. The SMILES string of the molecule is CC1Cc2cc(I)ccc2O1. The molecule has 0 spiro atoms. The molecule has 0 N–H and O–H groups in total. The highest BCUT2D eigenvalue weighted by Gasteiger charge is 2.18. The molecule has 1 aliphatic heterocycles. The Bertz CT molecular complexity index is 283. The topological polar surface area (TPSA) is 9.23 Å². The minimum atomic E-state index is 0.364. The summed E-state index contributed by atoms with van der Waals surface area (Å²) >= 11 is 2.32. The quantitative estimate of drug-likeness (QED) is 0.651. The van der Waals surface area contributed by atoms with Gasteiger partial charge in [0, 0.05) is 9.99 Å². The lowest BCUT2D eigenvalue weighted by Crippen LogP contribution is -2.05. The van der Waals surface area contributed by atoms with Gasteiger partial charge in [0.15, 0.2) is 0 Å². The van der Waals surface area contributed by atoms with E-state index in [0.29, 0.717) is 6.10 Å². The maximum absolute atomic E-state index is 5.56. The Morgan fingerprint density at radius 2 is 2.36 bits per heavy atom. The molecule has 1 nitrogen and oxygen atoms in total. The molecular formula is C9H9IO. The summed E-state index contributed by atoms with van der Waals surface area (Å²) in [5.41, 5.74) is 1.35. The predicted octanol–water partition coefficient (Wildman–Crippen LogP) is 2.61. The van der Waals surface area contributed by atoms with Crippen LogP contribution in [-0.2, 0) is 6.42 Å². The van der Waals surface area contributed by atoms with Crippen LogP contribution in [-0.4, -0.2) is 6.10 Å². The molecule has 2 heteroatoms. The van der Waals surface area contributed by atoms with Crippen LogP contribution in [0, 0.1) is 3.57 Å². The zero-order valence-electron chi connectivity index (χ0n) is 6.30. The van der Waals surface area contributed by atoms with Gasteiger partial charge >= 0.3 is 0 Å². The Hall–Kier alpha value is -0.250. The third kappa shape index (κ3) is 1.36. The molecule has 0 fully saturated rings. The summed E-state index contributed by atoms with van der Waals surface area (Å²) < 4.78 is 6.85. The Balaban J connectivity index is 2.43. The van der Waals surface area contributed by atoms with E-state index in [-0.39, 0.29) is 0 Å². The Morgan fingerprint density at radius 3 is 3.18 bits per heavy atom. The van der Waals surface area contributed by atoms with E-state index < -0.39 is 0 Å². The molecule has 0 saturated heterocycles. The number of hydrogen-bond acceptors (Lipinski definition) is 1. The van der Waals surface area contributed by atoms with Crippen LogP contribution in [0.5, 0.6) is 5.75 Å². The van der Waals surface area contributed by atoms with Gasteiger partial charge in [-0.25, -0.2) is 0 Å². The van der Waals surface area contributed by atoms with Crippen LogP contribution in [0.15, 0.2) is 18.2 Å². The first-order valence-electron chi connectivity index (χ1n) is 3.71. The Labute approximate surface area is 79.9 Å². The zero-order chi connectivity index (χ0) is 7.84. The van der Waals surface area contributed by atoms with Crippen molar-refractivity contribution in [2.45, 2.75) is 19.4 Å². The third-order valence-electron chi connectivity index (χ3n) is 1.86. The molecule has 1 heterocycles. The van der Waals surface area contributed by atoms with Gasteiger partial charge in [-0.05, 0) is 53.3 Å². The number of halogens is 1. The molecule has 1 aliphatic rings. The first-order valence-corrected chi connectivity index (χ1v) is 4.78. The van der Waals surface area contributed by atoms with E-state index in [4.69, 9.17) is 4.74 Å². The molecule has 0 saturated carbocycles. The highest BCUT2D eigenvalue weighted by molar-refractivity contribution is 14.1. The van der Waals surface area contributed by atoms with Gasteiger partial charge in [0.25, 0.3) is 0 Å². The minimum Gasteiger partial charge on any atom is -0.490 e. The third-order valence-corrected chi connectivity index (χ3v) is 2.53. The van der Waals surface area contributed by atoms with Crippen molar-refractivity contribution in [1.29, 1.82) is 0 Å². The van der Waals surface area contributed by atoms with Gasteiger partial charge in [-0.1, -0.05) is 0 Å². The number of hydrogen-bond donors (Lipinski definition) is 0. The largest absolute Gasteiger partial charge is 0.490 e. The van der Waals surface area contributed by atoms with Crippen molar-refractivity contribution in [3.63, 3.8) is 0 Å². The maximum Gasteiger partial charge on any atom is 0.123 e. The van der Waals surface area contributed by atoms with E-state index in [1.165, 1.54) is 9.13 Å². The van der Waals surface area contributed by atoms with Gasteiger partial charge < -0.3 is 4.74 Å². The molecule has 0 radical (unpaired) electrons. The molecule has 1 unspecified atom stereocenters. The van der Waals surface area contributed by atoms with Crippen molar-refractivity contribution in [1.82, 2.24) is 0 Å². The summed E-state index contributed by atoms with van der Waals surface area (Å²) in [5, 5.41) is 0. The van der Waals surface area contributed by atoms with E-state index in [1.807, 2.05) is 0 Å². The molecule has 0 aromatic heterocycles. The average molecular weight is 260 g/mol. The first-order chi connectivity index (χ1) is 5.25. The van der Waals surface area contributed by atoms with Crippen molar-refractivity contribution >= 4 is 22.6 Å². The monoisotopic (exact) mass is 260 g/mol. The average Bonchev–Trinajstić information content (AvgIpc) is 2.27. The molecule has 0 aliphatic carbocycles. The van der Waals surface area contributed by atoms with Crippen molar-refractivity contribution in [2.75, 3.05) is 0 Å². The Morgan fingerprint density at radius 1 is 1.55 bits per heavy atom. The summed E-state index contributed by atoms with van der Waals surface area (Å²) in [6.45, 7) is 2.10. The van der Waals surface area contributed by atoms with Crippen molar-refractivity contribution in [3.8, 4) is 5.75 Å². The molecule has 0 bridgehead atoms. The molecule has 2 rings (SSSR count). The molecule has 1 aromatic rings. The van der Waals surface area contributed by atoms with Crippen LogP contribution in [0.4, 0.5) is 0 Å². The van der Waals surface area contributed by atoms with Gasteiger partial charge in [0.05, 0.1) is 0 Å². The van der Waals surface area contributed by atoms with Crippen LogP contribution < -0.4 is 4.74 Å². The fourth-order valence-corrected chi connectivity index (χ4v) is 1.95. The van der Waals surface area contributed by atoms with Crippen molar-refractivity contribution < 1.29 is 4.74 Å². The summed E-state index contributed by atoms with van der Waals surface area (Å²) in [5.74, 6) is 1.07. The normalized spacial score (nSPS) is 21.1. The van der Waals surface area contributed by atoms with Crippen molar-refractivity contribution in [3.05, 3.63) is 27.3 Å². The fourth-order valence-electron chi connectivity index (χ4n) is 1.39. The second kappa shape index (κ2) is 2.66. The fraction of sp³-hybridized carbons (Fsp3) is 0.333. The number of benzene rings is 1. The number of ether oxygens (including phenoxy) is 1. The van der Waals surface area contributed by atoms with E-state index >= 15 is 0 Å². The van der Waals surface area contributed by atoms with E-state index in [0.717, 1.165) is 12.2 Å². The van der Waals surface area contributed by atoms with Crippen LogP contribution in [0.25, 0.3) is 0 Å². The molecule has 58 valence electrons. The number of fused-ring (bicyclic) bond motifs is 1. The van der Waals surface area contributed by atoms with E-state index in [2.05, 4.69) is 47.7 Å². The first kappa shape index (κ1) is 7.40. The summed E-state index contributed by atoms with van der Waals surface area (Å²) in [4.78, 5) is 0. The maximum atomic E-state index is 5.56. The lowest BCUT2D eigenvalue weighted by molar-refractivity contribution is 0.254. The van der Waals surface area contributed by atoms with Gasteiger partial charge in [0.2, 0.25) is 0 Å². The summed E-state index contributed by atoms with van der Waals surface area (Å²) in [6.07, 6.45) is 1.43. The predicted molar refractivity (Wildman–Crippen MR) is 53.0 cm³/mol. The second-order valence-electron chi connectivity index (χ2n) is 2.88. The number of rotatable bonds is 0. The smallest absolute Gasteiger partial charge is 0.123 e. The van der Waals surface area contributed by atoms with Crippen LogP contribution >= 0.6 is 22.6 Å². The van der Waals surface area contributed by atoms with E-state index in [1.54, 1.807) is 0 Å².